The fourth-order valence-corrected chi connectivity index (χ4v) is 3.46. The van der Waals surface area contributed by atoms with Gasteiger partial charge in [0.1, 0.15) is 11.8 Å². The van der Waals surface area contributed by atoms with Crippen molar-refractivity contribution < 1.29 is 14.3 Å². The predicted molar refractivity (Wildman–Crippen MR) is 108 cm³/mol. The summed E-state index contributed by atoms with van der Waals surface area (Å²) >= 11 is 0. The summed E-state index contributed by atoms with van der Waals surface area (Å²) in [5, 5.41) is 2.90. The summed E-state index contributed by atoms with van der Waals surface area (Å²) in [6.07, 6.45) is 0. The average Bonchev–Trinajstić information content (AvgIpc) is 2.70. The molecular weight excluding hydrogens is 354 g/mol. The van der Waals surface area contributed by atoms with Crippen LogP contribution >= 0.6 is 0 Å². The first-order valence-electron chi connectivity index (χ1n) is 9.49. The van der Waals surface area contributed by atoms with Crippen LogP contribution in [0.25, 0.3) is 0 Å². The van der Waals surface area contributed by atoms with Crippen molar-refractivity contribution in [1.29, 1.82) is 0 Å². The predicted octanol–water partition coefficient (Wildman–Crippen LogP) is 2.95. The van der Waals surface area contributed by atoms with E-state index >= 15 is 0 Å². The summed E-state index contributed by atoms with van der Waals surface area (Å²) in [5.74, 6) is 0.726. The molecule has 3 amide bonds. The van der Waals surface area contributed by atoms with Gasteiger partial charge in [-0.05, 0) is 37.1 Å². The lowest BCUT2D eigenvalue weighted by atomic mass is 10.1. The number of benzene rings is 2. The first-order chi connectivity index (χ1) is 13.5. The largest absolute Gasteiger partial charge is 0.497 e. The molecule has 0 aliphatic carbocycles. The zero-order valence-corrected chi connectivity index (χ0v) is 16.6. The van der Waals surface area contributed by atoms with Crippen molar-refractivity contribution in [1.82, 2.24) is 15.1 Å². The van der Waals surface area contributed by atoms with Crippen LogP contribution in [0.15, 0.2) is 48.5 Å². The fraction of sp³-hybridized carbons (Fsp3) is 0.364. The third-order valence-electron chi connectivity index (χ3n) is 5.04. The Kier molecular flexibility index (Phi) is 6.19. The third kappa shape index (κ3) is 4.63. The highest BCUT2D eigenvalue weighted by atomic mass is 16.5. The maximum absolute atomic E-state index is 12.8. The molecule has 1 saturated heterocycles. The molecule has 1 aliphatic rings. The Morgan fingerprint density at radius 1 is 1.14 bits per heavy atom. The van der Waals surface area contributed by atoms with Gasteiger partial charge in [-0.1, -0.05) is 42.0 Å². The molecule has 1 N–H and O–H groups in total. The van der Waals surface area contributed by atoms with Crippen LogP contribution in [-0.4, -0.2) is 48.0 Å². The number of hydrogen-bond acceptors (Lipinski definition) is 3. The summed E-state index contributed by atoms with van der Waals surface area (Å²) in [5.41, 5.74) is 3.23. The molecule has 0 saturated carbocycles. The minimum absolute atomic E-state index is 0.0238. The van der Waals surface area contributed by atoms with E-state index in [4.69, 9.17) is 4.74 Å². The van der Waals surface area contributed by atoms with E-state index in [-0.39, 0.29) is 11.9 Å². The topological polar surface area (TPSA) is 61.9 Å². The lowest BCUT2D eigenvalue weighted by Crippen LogP contribution is -2.59. The summed E-state index contributed by atoms with van der Waals surface area (Å²) in [6, 6.07) is 15.0. The molecule has 6 heteroatoms. The van der Waals surface area contributed by atoms with Crippen molar-refractivity contribution in [3.05, 3.63) is 65.2 Å². The molecule has 6 nitrogen and oxygen atoms in total. The van der Waals surface area contributed by atoms with Gasteiger partial charge in [0.2, 0.25) is 5.91 Å². The van der Waals surface area contributed by atoms with E-state index < -0.39 is 6.04 Å². The first-order valence-corrected chi connectivity index (χ1v) is 9.49. The molecule has 2 aromatic carbocycles. The minimum Gasteiger partial charge on any atom is -0.497 e. The second-order valence-corrected chi connectivity index (χ2v) is 7.13. The normalized spacial score (nSPS) is 16.8. The van der Waals surface area contributed by atoms with Crippen LogP contribution in [0.2, 0.25) is 0 Å². The standard InChI is InChI=1S/C22H27N3O3/c1-16-6-4-8-19(12-16)15-24-10-11-25(17(2)21(24)26)22(27)23-14-18-7-5-9-20(13-18)28-3/h4-9,12-13,17H,10-11,14-15H2,1-3H3,(H,23,27). The summed E-state index contributed by atoms with van der Waals surface area (Å²) < 4.78 is 5.20. The van der Waals surface area contributed by atoms with E-state index in [0.717, 1.165) is 16.9 Å². The Hall–Kier alpha value is -3.02. The van der Waals surface area contributed by atoms with Crippen LogP contribution in [0.3, 0.4) is 0 Å². The van der Waals surface area contributed by atoms with E-state index in [1.54, 1.807) is 18.9 Å². The number of methoxy groups -OCH3 is 1. The van der Waals surface area contributed by atoms with E-state index in [2.05, 4.69) is 11.4 Å². The lowest BCUT2D eigenvalue weighted by Gasteiger charge is -2.39. The molecule has 2 aromatic rings. The van der Waals surface area contributed by atoms with Gasteiger partial charge in [0.15, 0.2) is 0 Å². The molecule has 28 heavy (non-hydrogen) atoms. The number of hydrogen-bond donors (Lipinski definition) is 1. The van der Waals surface area contributed by atoms with Crippen LogP contribution in [0.1, 0.15) is 23.6 Å². The molecule has 1 fully saturated rings. The number of rotatable bonds is 5. The Bertz CT molecular complexity index is 852. The molecule has 1 heterocycles. The van der Waals surface area contributed by atoms with Gasteiger partial charge in [0.25, 0.3) is 0 Å². The van der Waals surface area contributed by atoms with E-state index in [0.29, 0.717) is 26.2 Å². The highest BCUT2D eigenvalue weighted by Crippen LogP contribution is 2.16. The van der Waals surface area contributed by atoms with E-state index in [1.165, 1.54) is 5.56 Å². The number of ether oxygens (including phenoxy) is 1. The number of carbonyl (C=O) groups excluding carboxylic acids is 2. The second-order valence-electron chi connectivity index (χ2n) is 7.13. The highest BCUT2D eigenvalue weighted by molar-refractivity contribution is 5.88. The Labute approximate surface area is 166 Å². The highest BCUT2D eigenvalue weighted by Gasteiger charge is 2.34. The molecule has 0 aromatic heterocycles. The van der Waals surface area contributed by atoms with Crippen molar-refractivity contribution in [2.75, 3.05) is 20.2 Å². The van der Waals surface area contributed by atoms with Crippen molar-refractivity contribution in [2.45, 2.75) is 33.0 Å². The molecule has 1 unspecified atom stereocenters. The van der Waals surface area contributed by atoms with Gasteiger partial charge in [-0.15, -0.1) is 0 Å². The maximum Gasteiger partial charge on any atom is 0.318 e. The lowest BCUT2D eigenvalue weighted by molar-refractivity contribution is -0.139. The first kappa shape index (κ1) is 19.7. The van der Waals surface area contributed by atoms with Gasteiger partial charge in [-0.25, -0.2) is 4.79 Å². The van der Waals surface area contributed by atoms with Crippen LogP contribution in [-0.2, 0) is 17.9 Å². The Balaban J connectivity index is 1.57. The van der Waals surface area contributed by atoms with Crippen LogP contribution < -0.4 is 10.1 Å². The molecule has 1 aliphatic heterocycles. The van der Waals surface area contributed by atoms with Crippen molar-refractivity contribution in [3.8, 4) is 5.75 Å². The zero-order valence-electron chi connectivity index (χ0n) is 16.6. The molecule has 1 atom stereocenters. The molecule has 0 radical (unpaired) electrons. The minimum atomic E-state index is -0.483. The van der Waals surface area contributed by atoms with Gasteiger partial charge >= 0.3 is 6.03 Å². The summed E-state index contributed by atoms with van der Waals surface area (Å²) in [6.45, 7) is 5.84. The smallest absolute Gasteiger partial charge is 0.318 e. The van der Waals surface area contributed by atoms with Crippen LogP contribution in [0, 0.1) is 6.92 Å². The fourth-order valence-electron chi connectivity index (χ4n) is 3.46. The number of amides is 3. The van der Waals surface area contributed by atoms with Gasteiger partial charge in [0.05, 0.1) is 7.11 Å². The quantitative estimate of drug-likeness (QED) is 0.866. The van der Waals surface area contributed by atoms with Gasteiger partial charge in [0, 0.05) is 26.2 Å². The van der Waals surface area contributed by atoms with E-state index in [9.17, 15) is 9.59 Å². The van der Waals surface area contributed by atoms with Crippen molar-refractivity contribution in [2.24, 2.45) is 0 Å². The van der Waals surface area contributed by atoms with Crippen molar-refractivity contribution >= 4 is 11.9 Å². The van der Waals surface area contributed by atoms with Crippen LogP contribution in [0.4, 0.5) is 4.79 Å². The Morgan fingerprint density at radius 2 is 1.89 bits per heavy atom. The number of carbonyl (C=O) groups is 2. The summed E-state index contributed by atoms with van der Waals surface area (Å²) in [4.78, 5) is 28.8. The molecule has 0 spiro atoms. The molecule has 0 bridgehead atoms. The molecule has 148 valence electrons. The number of urea groups is 1. The third-order valence-corrected chi connectivity index (χ3v) is 5.04. The number of aryl methyl sites for hydroxylation is 1. The molecule has 3 rings (SSSR count). The number of nitrogens with zero attached hydrogens (tertiary/aromatic N) is 2. The van der Waals surface area contributed by atoms with Gasteiger partial charge in [-0.3, -0.25) is 4.79 Å². The average molecular weight is 381 g/mol. The van der Waals surface area contributed by atoms with E-state index in [1.807, 2.05) is 54.3 Å². The second kappa shape index (κ2) is 8.78. The summed E-state index contributed by atoms with van der Waals surface area (Å²) in [7, 11) is 1.61. The van der Waals surface area contributed by atoms with Gasteiger partial charge < -0.3 is 19.9 Å². The number of nitrogens with one attached hydrogen (secondary N) is 1. The maximum atomic E-state index is 12.8. The number of piperazine rings is 1. The SMILES string of the molecule is COc1cccc(CNC(=O)N2CCN(Cc3cccc(C)c3)C(=O)C2C)c1. The zero-order chi connectivity index (χ0) is 20.1. The molecular formula is C22H27N3O3. The van der Waals surface area contributed by atoms with Crippen molar-refractivity contribution in [3.63, 3.8) is 0 Å². The monoisotopic (exact) mass is 381 g/mol. The van der Waals surface area contributed by atoms with Gasteiger partial charge in [-0.2, -0.15) is 0 Å². The Morgan fingerprint density at radius 3 is 2.64 bits per heavy atom. The van der Waals surface area contributed by atoms with Crippen LogP contribution in [0.5, 0.6) is 5.75 Å².